The second-order valence-electron chi connectivity index (χ2n) is 3.16. The maximum Gasteiger partial charge on any atom is 0.260 e. The molecule has 1 amide bonds. The Morgan fingerprint density at radius 2 is 2.22 bits per heavy atom. The maximum atomic E-state index is 13.3. The summed E-state index contributed by atoms with van der Waals surface area (Å²) >= 11 is 2.33. The van der Waals surface area contributed by atoms with Gasteiger partial charge in [0.25, 0.3) is 5.91 Å². The molecule has 0 radical (unpaired) electrons. The van der Waals surface area contributed by atoms with Crippen LogP contribution in [-0.4, -0.2) is 21.5 Å². The molecule has 0 aliphatic heterocycles. The monoisotopic (exact) mass is 287 g/mol. The number of hydrogen-bond donors (Lipinski definition) is 1. The molecule has 0 saturated heterocycles. The van der Waals surface area contributed by atoms with Crippen LogP contribution < -0.4 is 5.32 Å². The number of nitrogens with one attached hydrogen (secondary N) is 1. The van der Waals surface area contributed by atoms with Crippen LogP contribution in [0.5, 0.6) is 0 Å². The van der Waals surface area contributed by atoms with E-state index in [9.17, 15) is 13.6 Å². The summed E-state index contributed by atoms with van der Waals surface area (Å²) < 4.78 is 30.0. The third-order valence-electron chi connectivity index (χ3n) is 1.99. The average Bonchev–Trinajstić information content (AvgIpc) is 2.76. The summed E-state index contributed by atoms with van der Waals surface area (Å²) in [6.45, 7) is 0. The van der Waals surface area contributed by atoms with Crippen molar-refractivity contribution in [2.45, 2.75) is 5.16 Å². The zero-order valence-corrected chi connectivity index (χ0v) is 10.7. The third kappa shape index (κ3) is 2.82. The molecule has 0 spiro atoms. The van der Waals surface area contributed by atoms with E-state index in [0.717, 1.165) is 23.7 Å². The Kier molecular flexibility index (Phi) is 3.87. The van der Waals surface area contributed by atoms with Gasteiger partial charge in [0, 0.05) is 17.6 Å². The second kappa shape index (κ2) is 5.40. The number of amides is 1. The summed E-state index contributed by atoms with van der Waals surface area (Å²) in [4.78, 5) is 15.7. The van der Waals surface area contributed by atoms with Crippen molar-refractivity contribution >= 4 is 34.3 Å². The summed E-state index contributed by atoms with van der Waals surface area (Å²) in [5.74, 6) is -2.33. The van der Waals surface area contributed by atoms with Gasteiger partial charge in [0.15, 0.2) is 0 Å². The maximum absolute atomic E-state index is 13.3. The molecule has 2 rings (SSSR count). The van der Waals surface area contributed by atoms with Gasteiger partial charge in [-0.3, -0.25) is 10.1 Å². The minimum absolute atomic E-state index is 0.239. The molecule has 2 aromatic rings. The summed E-state index contributed by atoms with van der Waals surface area (Å²) in [5, 5.41) is 3.20. The number of carbonyl (C=O) groups excluding carboxylic acids is 1. The van der Waals surface area contributed by atoms with Crippen molar-refractivity contribution in [3.05, 3.63) is 35.4 Å². The normalized spacial score (nSPS) is 10.4. The van der Waals surface area contributed by atoms with Gasteiger partial charge in [0.2, 0.25) is 10.3 Å². The van der Waals surface area contributed by atoms with E-state index in [1.54, 1.807) is 6.26 Å². The summed E-state index contributed by atoms with van der Waals surface area (Å²) in [5.41, 5.74) is -0.239. The van der Waals surface area contributed by atoms with E-state index in [0.29, 0.717) is 11.2 Å². The first-order valence-electron chi connectivity index (χ1n) is 4.74. The molecule has 18 heavy (non-hydrogen) atoms. The summed E-state index contributed by atoms with van der Waals surface area (Å²) in [6, 6.07) is 2.75. The van der Waals surface area contributed by atoms with Gasteiger partial charge in [-0.25, -0.2) is 8.78 Å². The fourth-order valence-electron chi connectivity index (χ4n) is 1.18. The standard InChI is InChI=1S/C10H7F2N3OS2/c1-17-10-14-9(18-15-10)13-8(16)6-3-2-5(11)4-7(6)12/h2-4H,1H3,(H,13,14,15,16). The van der Waals surface area contributed by atoms with E-state index >= 15 is 0 Å². The summed E-state index contributed by atoms with van der Waals surface area (Å²) in [6.07, 6.45) is 1.80. The zero-order chi connectivity index (χ0) is 13.1. The van der Waals surface area contributed by atoms with E-state index in [-0.39, 0.29) is 10.7 Å². The number of benzene rings is 1. The smallest absolute Gasteiger partial charge is 0.260 e. The molecule has 0 bridgehead atoms. The lowest BCUT2D eigenvalue weighted by Gasteiger charge is -2.02. The lowest BCUT2D eigenvalue weighted by atomic mass is 10.2. The molecule has 0 aliphatic rings. The Balaban J connectivity index is 2.16. The predicted molar refractivity (Wildman–Crippen MR) is 66.0 cm³/mol. The minimum atomic E-state index is -0.915. The number of rotatable bonds is 3. The molecule has 0 unspecified atom stereocenters. The predicted octanol–water partition coefficient (Wildman–Crippen LogP) is 2.79. The van der Waals surface area contributed by atoms with Crippen LogP contribution in [0.3, 0.4) is 0 Å². The Morgan fingerprint density at radius 3 is 2.83 bits per heavy atom. The highest BCUT2D eigenvalue weighted by Crippen LogP contribution is 2.19. The first-order valence-corrected chi connectivity index (χ1v) is 6.74. The Labute approximate surface area is 110 Å². The number of carbonyl (C=O) groups is 1. The van der Waals surface area contributed by atoms with Gasteiger partial charge >= 0.3 is 0 Å². The molecule has 1 aromatic heterocycles. The number of halogens is 2. The molecule has 0 fully saturated rings. The van der Waals surface area contributed by atoms with Crippen LogP contribution in [0.15, 0.2) is 23.4 Å². The van der Waals surface area contributed by atoms with Crippen molar-refractivity contribution in [2.75, 3.05) is 11.6 Å². The van der Waals surface area contributed by atoms with Crippen molar-refractivity contribution in [3.8, 4) is 0 Å². The fourth-order valence-corrected chi connectivity index (χ4v) is 2.30. The number of nitrogens with zero attached hydrogens (tertiary/aromatic N) is 2. The lowest BCUT2D eigenvalue weighted by Crippen LogP contribution is -2.13. The third-order valence-corrected chi connectivity index (χ3v) is 3.28. The van der Waals surface area contributed by atoms with Crippen molar-refractivity contribution in [2.24, 2.45) is 0 Å². The Morgan fingerprint density at radius 1 is 1.44 bits per heavy atom. The van der Waals surface area contributed by atoms with Gasteiger partial charge in [0.05, 0.1) is 5.56 Å². The topological polar surface area (TPSA) is 54.9 Å². The van der Waals surface area contributed by atoms with Crippen molar-refractivity contribution in [3.63, 3.8) is 0 Å². The van der Waals surface area contributed by atoms with Crippen LogP contribution in [0.2, 0.25) is 0 Å². The molecular formula is C10H7F2N3OS2. The van der Waals surface area contributed by atoms with Gasteiger partial charge in [0.1, 0.15) is 11.6 Å². The van der Waals surface area contributed by atoms with Crippen LogP contribution in [-0.2, 0) is 0 Å². The number of thioether (sulfide) groups is 1. The van der Waals surface area contributed by atoms with Crippen molar-refractivity contribution in [1.82, 2.24) is 9.36 Å². The first-order chi connectivity index (χ1) is 8.60. The largest absolute Gasteiger partial charge is 0.296 e. The highest BCUT2D eigenvalue weighted by molar-refractivity contribution is 7.98. The molecule has 4 nitrogen and oxygen atoms in total. The van der Waals surface area contributed by atoms with Crippen LogP contribution in [0.25, 0.3) is 0 Å². The zero-order valence-electron chi connectivity index (χ0n) is 9.11. The van der Waals surface area contributed by atoms with Gasteiger partial charge < -0.3 is 0 Å². The average molecular weight is 287 g/mol. The number of hydrogen-bond acceptors (Lipinski definition) is 5. The van der Waals surface area contributed by atoms with E-state index in [1.807, 2.05) is 0 Å². The lowest BCUT2D eigenvalue weighted by molar-refractivity contribution is 0.102. The van der Waals surface area contributed by atoms with Gasteiger partial charge in [-0.05, 0) is 18.4 Å². The molecular weight excluding hydrogens is 280 g/mol. The van der Waals surface area contributed by atoms with Gasteiger partial charge in [-0.1, -0.05) is 11.8 Å². The van der Waals surface area contributed by atoms with Crippen LogP contribution in [0, 0.1) is 11.6 Å². The van der Waals surface area contributed by atoms with Gasteiger partial charge in [-0.2, -0.15) is 9.36 Å². The van der Waals surface area contributed by atoms with E-state index in [4.69, 9.17) is 0 Å². The molecule has 0 saturated carbocycles. The van der Waals surface area contributed by atoms with Crippen molar-refractivity contribution in [1.29, 1.82) is 0 Å². The minimum Gasteiger partial charge on any atom is -0.296 e. The SMILES string of the molecule is CSc1nsc(NC(=O)c2ccc(F)cc2F)n1. The Hall–Kier alpha value is -1.54. The molecule has 1 heterocycles. The summed E-state index contributed by atoms with van der Waals surface area (Å²) in [7, 11) is 0. The Bertz CT molecular complexity index is 588. The van der Waals surface area contributed by atoms with E-state index in [1.165, 1.54) is 11.8 Å². The van der Waals surface area contributed by atoms with E-state index < -0.39 is 17.5 Å². The molecule has 8 heteroatoms. The number of aromatic nitrogens is 2. The number of anilines is 1. The van der Waals surface area contributed by atoms with Gasteiger partial charge in [-0.15, -0.1) is 0 Å². The second-order valence-corrected chi connectivity index (χ2v) is 4.69. The highest BCUT2D eigenvalue weighted by Gasteiger charge is 2.14. The molecule has 94 valence electrons. The van der Waals surface area contributed by atoms with E-state index in [2.05, 4.69) is 14.7 Å². The van der Waals surface area contributed by atoms with Crippen LogP contribution >= 0.6 is 23.3 Å². The highest BCUT2D eigenvalue weighted by atomic mass is 32.2. The van der Waals surface area contributed by atoms with Crippen molar-refractivity contribution < 1.29 is 13.6 Å². The van der Waals surface area contributed by atoms with Crippen LogP contribution in [0.4, 0.5) is 13.9 Å². The molecule has 0 aliphatic carbocycles. The fraction of sp³-hybridized carbons (Fsp3) is 0.100. The molecule has 1 N–H and O–H groups in total. The quantitative estimate of drug-likeness (QED) is 0.882. The molecule has 0 atom stereocenters. The van der Waals surface area contributed by atoms with Crippen LogP contribution in [0.1, 0.15) is 10.4 Å². The first kappa shape index (κ1) is 12.9. The molecule has 1 aromatic carbocycles.